The van der Waals surface area contributed by atoms with E-state index in [4.69, 9.17) is 15.2 Å². The highest BCUT2D eigenvalue weighted by molar-refractivity contribution is 5.43. The van der Waals surface area contributed by atoms with Crippen LogP contribution in [0.3, 0.4) is 0 Å². The van der Waals surface area contributed by atoms with E-state index in [1.807, 2.05) is 0 Å². The second-order valence-electron chi connectivity index (χ2n) is 5.40. The van der Waals surface area contributed by atoms with Crippen LogP contribution in [0.4, 0.5) is 0 Å². The first kappa shape index (κ1) is 13.9. The van der Waals surface area contributed by atoms with Crippen LogP contribution in [0.15, 0.2) is 24.7 Å². The molecule has 3 rings (SSSR count). The van der Waals surface area contributed by atoms with Gasteiger partial charge in [0.25, 0.3) is 0 Å². The molecule has 1 aliphatic carbocycles. The van der Waals surface area contributed by atoms with Gasteiger partial charge < -0.3 is 19.8 Å². The molecule has 21 heavy (non-hydrogen) atoms. The van der Waals surface area contributed by atoms with Crippen LogP contribution in [0.25, 0.3) is 0 Å². The molecule has 0 radical (unpaired) electrons. The summed E-state index contributed by atoms with van der Waals surface area (Å²) in [5.41, 5.74) is 9.66. The van der Waals surface area contributed by atoms with Gasteiger partial charge in [0.15, 0.2) is 11.5 Å². The lowest BCUT2D eigenvalue weighted by atomic mass is 9.92. The van der Waals surface area contributed by atoms with Gasteiger partial charge in [-0.2, -0.15) is 0 Å². The average molecular weight is 287 g/mol. The maximum absolute atomic E-state index is 6.18. The normalized spacial score (nSPS) is 17.4. The van der Waals surface area contributed by atoms with Crippen LogP contribution in [0.1, 0.15) is 35.7 Å². The number of pyridine rings is 1. The van der Waals surface area contributed by atoms with Gasteiger partial charge in [0, 0.05) is 30.7 Å². The van der Waals surface area contributed by atoms with Crippen molar-refractivity contribution in [1.82, 2.24) is 9.55 Å². The van der Waals surface area contributed by atoms with Crippen molar-refractivity contribution in [2.75, 3.05) is 14.2 Å². The maximum atomic E-state index is 6.18. The highest BCUT2D eigenvalue weighted by Crippen LogP contribution is 2.32. The third-order valence-corrected chi connectivity index (χ3v) is 4.06. The molecule has 2 aromatic heterocycles. The highest BCUT2D eigenvalue weighted by atomic mass is 16.5. The summed E-state index contributed by atoms with van der Waals surface area (Å²) in [6.45, 7) is 0.653. The van der Waals surface area contributed by atoms with E-state index in [0.29, 0.717) is 18.0 Å². The quantitative estimate of drug-likeness (QED) is 0.937. The molecule has 0 fully saturated rings. The molecule has 1 atom stereocenters. The Bertz CT molecular complexity index is 636. The highest BCUT2D eigenvalue weighted by Gasteiger charge is 2.19. The number of hydrogen-bond acceptors (Lipinski definition) is 4. The predicted octanol–water partition coefficient (Wildman–Crippen LogP) is 2.28. The SMILES string of the molecule is COc1ccnc(Cn2cc3c(c2)C(N)CCC3)c1OC. The van der Waals surface area contributed by atoms with Crippen LogP contribution in [0.2, 0.25) is 0 Å². The molecule has 0 amide bonds. The summed E-state index contributed by atoms with van der Waals surface area (Å²) in [6.07, 6.45) is 9.40. The minimum Gasteiger partial charge on any atom is -0.493 e. The second-order valence-corrected chi connectivity index (χ2v) is 5.40. The van der Waals surface area contributed by atoms with Gasteiger partial charge in [-0.3, -0.25) is 4.98 Å². The molecule has 0 aromatic carbocycles. The summed E-state index contributed by atoms with van der Waals surface area (Å²) in [5.74, 6) is 1.40. The molecule has 5 heteroatoms. The Morgan fingerprint density at radius 3 is 2.90 bits per heavy atom. The van der Waals surface area contributed by atoms with Crippen LogP contribution >= 0.6 is 0 Å². The van der Waals surface area contributed by atoms with E-state index in [-0.39, 0.29) is 6.04 Å². The molecule has 0 aliphatic heterocycles. The lowest BCUT2D eigenvalue weighted by molar-refractivity contribution is 0.348. The average Bonchev–Trinajstić information content (AvgIpc) is 2.91. The van der Waals surface area contributed by atoms with Gasteiger partial charge in [-0.05, 0) is 30.4 Å². The summed E-state index contributed by atoms with van der Waals surface area (Å²) in [6, 6.07) is 1.97. The maximum Gasteiger partial charge on any atom is 0.184 e. The summed E-state index contributed by atoms with van der Waals surface area (Å²) < 4.78 is 12.9. The fourth-order valence-electron chi connectivity index (χ4n) is 3.01. The van der Waals surface area contributed by atoms with Crippen molar-refractivity contribution >= 4 is 0 Å². The van der Waals surface area contributed by atoms with Gasteiger partial charge in [0.05, 0.1) is 20.8 Å². The molecule has 0 saturated carbocycles. The third kappa shape index (κ3) is 2.61. The molecule has 0 saturated heterocycles. The monoisotopic (exact) mass is 287 g/mol. The molecule has 5 nitrogen and oxygen atoms in total. The Morgan fingerprint density at radius 1 is 1.33 bits per heavy atom. The van der Waals surface area contributed by atoms with Crippen LogP contribution < -0.4 is 15.2 Å². The zero-order valence-corrected chi connectivity index (χ0v) is 12.5. The Labute approximate surface area is 124 Å². The number of hydrogen-bond donors (Lipinski definition) is 1. The molecular formula is C16H21N3O2. The molecule has 2 heterocycles. The number of nitrogens with zero attached hydrogens (tertiary/aromatic N) is 2. The van der Waals surface area contributed by atoms with E-state index in [1.165, 1.54) is 17.5 Å². The largest absolute Gasteiger partial charge is 0.493 e. The Kier molecular flexibility index (Phi) is 3.84. The van der Waals surface area contributed by atoms with Crippen molar-refractivity contribution in [2.24, 2.45) is 5.73 Å². The molecule has 0 bridgehead atoms. The van der Waals surface area contributed by atoms with E-state index in [2.05, 4.69) is 21.9 Å². The molecule has 2 aromatic rings. The molecule has 1 unspecified atom stereocenters. The summed E-state index contributed by atoms with van der Waals surface area (Å²) in [7, 11) is 3.27. The molecular weight excluding hydrogens is 266 g/mol. The van der Waals surface area contributed by atoms with Crippen LogP contribution in [0.5, 0.6) is 11.5 Å². The van der Waals surface area contributed by atoms with E-state index in [1.54, 1.807) is 26.5 Å². The topological polar surface area (TPSA) is 62.3 Å². The van der Waals surface area contributed by atoms with E-state index in [0.717, 1.165) is 18.5 Å². The predicted molar refractivity (Wildman–Crippen MR) is 80.7 cm³/mol. The second kappa shape index (κ2) is 5.77. The first-order valence-electron chi connectivity index (χ1n) is 7.23. The number of ether oxygens (including phenoxy) is 2. The minimum absolute atomic E-state index is 0.162. The van der Waals surface area contributed by atoms with Crippen molar-refractivity contribution in [3.05, 3.63) is 41.5 Å². The first-order chi connectivity index (χ1) is 10.2. The standard InChI is InChI=1S/C16H21N3O2/c1-20-15-6-7-18-14(16(15)21-2)10-19-8-11-4-3-5-13(17)12(11)9-19/h6-9,13H,3-5,10,17H2,1-2H3. The van der Waals surface area contributed by atoms with Gasteiger partial charge in [0.2, 0.25) is 0 Å². The minimum atomic E-state index is 0.162. The first-order valence-corrected chi connectivity index (χ1v) is 7.23. The molecule has 0 spiro atoms. The van der Waals surface area contributed by atoms with Crippen LogP contribution in [-0.4, -0.2) is 23.8 Å². The fraction of sp³-hybridized carbons (Fsp3) is 0.438. The number of fused-ring (bicyclic) bond motifs is 1. The fourth-order valence-corrected chi connectivity index (χ4v) is 3.01. The van der Waals surface area contributed by atoms with Crippen LogP contribution in [0, 0.1) is 0 Å². The zero-order chi connectivity index (χ0) is 14.8. The van der Waals surface area contributed by atoms with Gasteiger partial charge in [-0.15, -0.1) is 0 Å². The van der Waals surface area contributed by atoms with Crippen molar-refractivity contribution in [3.8, 4) is 11.5 Å². The summed E-state index contributed by atoms with van der Waals surface area (Å²) in [5, 5.41) is 0. The third-order valence-electron chi connectivity index (χ3n) is 4.06. The Balaban J connectivity index is 1.91. The van der Waals surface area contributed by atoms with Gasteiger partial charge in [-0.1, -0.05) is 0 Å². The lowest BCUT2D eigenvalue weighted by Crippen LogP contribution is -2.15. The number of nitrogens with two attached hydrogens (primary N) is 1. The Morgan fingerprint density at radius 2 is 2.19 bits per heavy atom. The smallest absolute Gasteiger partial charge is 0.184 e. The number of aromatic nitrogens is 2. The molecule has 1 aliphatic rings. The van der Waals surface area contributed by atoms with Crippen molar-refractivity contribution in [2.45, 2.75) is 31.8 Å². The molecule has 2 N–H and O–H groups in total. The molecule has 112 valence electrons. The number of aryl methyl sites for hydroxylation is 1. The summed E-state index contributed by atoms with van der Waals surface area (Å²) in [4.78, 5) is 4.42. The van der Waals surface area contributed by atoms with Gasteiger partial charge in [0.1, 0.15) is 5.69 Å². The van der Waals surface area contributed by atoms with Crippen molar-refractivity contribution in [1.29, 1.82) is 0 Å². The van der Waals surface area contributed by atoms with Crippen LogP contribution in [-0.2, 0) is 13.0 Å². The number of rotatable bonds is 4. The van der Waals surface area contributed by atoms with Crippen molar-refractivity contribution < 1.29 is 9.47 Å². The lowest BCUT2D eigenvalue weighted by Gasteiger charge is -2.17. The number of methoxy groups -OCH3 is 2. The van der Waals surface area contributed by atoms with Crippen molar-refractivity contribution in [3.63, 3.8) is 0 Å². The van der Waals surface area contributed by atoms with E-state index < -0.39 is 0 Å². The van der Waals surface area contributed by atoms with E-state index >= 15 is 0 Å². The van der Waals surface area contributed by atoms with Gasteiger partial charge >= 0.3 is 0 Å². The van der Waals surface area contributed by atoms with Gasteiger partial charge in [-0.25, -0.2) is 0 Å². The summed E-state index contributed by atoms with van der Waals surface area (Å²) >= 11 is 0. The zero-order valence-electron chi connectivity index (χ0n) is 12.5. The Hall–Kier alpha value is -2.01. The van der Waals surface area contributed by atoms with E-state index in [9.17, 15) is 0 Å².